The average molecular weight is 260 g/mol. The van der Waals surface area contributed by atoms with Gasteiger partial charge in [0.25, 0.3) is 0 Å². The number of likely N-dealkylation sites (N-methyl/N-ethyl adjacent to an activating group) is 1. The first-order valence-corrected chi connectivity index (χ1v) is 6.38. The number of nitrogens with one attached hydrogen (secondary N) is 1. The Balaban J connectivity index is 1.97. The predicted octanol–water partition coefficient (Wildman–Crippen LogP) is 0.702. The summed E-state index contributed by atoms with van der Waals surface area (Å²) >= 11 is 0. The Kier molecular flexibility index (Phi) is 4.59. The second-order valence-electron chi connectivity index (χ2n) is 4.79. The third kappa shape index (κ3) is 3.59. The largest absolute Gasteiger partial charge is 0.308 e. The molecule has 0 aliphatic carbocycles. The van der Waals surface area contributed by atoms with Gasteiger partial charge in [0, 0.05) is 12.6 Å². The summed E-state index contributed by atoms with van der Waals surface area (Å²) in [6.45, 7) is 3.72. The van der Waals surface area contributed by atoms with Gasteiger partial charge in [-0.05, 0) is 43.6 Å². The molecule has 0 bridgehead atoms. The Bertz CT molecular complexity index is 493. The fourth-order valence-corrected chi connectivity index (χ4v) is 1.66. The smallest absolute Gasteiger partial charge is 0.170 e. The van der Waals surface area contributed by atoms with Gasteiger partial charge in [-0.25, -0.2) is 0 Å². The number of aromatic nitrogens is 4. The Hall–Kier alpha value is -1.79. The van der Waals surface area contributed by atoms with Gasteiger partial charge in [-0.1, -0.05) is 18.2 Å². The molecule has 6 heteroatoms. The van der Waals surface area contributed by atoms with Crippen LogP contribution in [0.4, 0.5) is 0 Å². The molecular formula is C13H20N6. The van der Waals surface area contributed by atoms with Crippen molar-refractivity contribution in [1.29, 1.82) is 0 Å². The van der Waals surface area contributed by atoms with Crippen LogP contribution in [0.1, 0.15) is 12.7 Å². The molecule has 0 saturated heterocycles. The first-order chi connectivity index (χ1) is 9.18. The topological polar surface area (TPSA) is 58.9 Å². The fourth-order valence-electron chi connectivity index (χ4n) is 1.66. The van der Waals surface area contributed by atoms with Crippen LogP contribution in [0, 0.1) is 0 Å². The van der Waals surface area contributed by atoms with Crippen LogP contribution < -0.4 is 5.32 Å². The highest BCUT2D eigenvalue weighted by Gasteiger charge is 2.09. The molecule has 2 rings (SSSR count). The molecular weight excluding hydrogens is 240 g/mol. The maximum Gasteiger partial charge on any atom is 0.170 e. The minimum Gasteiger partial charge on any atom is -0.308 e. The quantitative estimate of drug-likeness (QED) is 0.828. The van der Waals surface area contributed by atoms with Gasteiger partial charge in [0.1, 0.15) is 0 Å². The van der Waals surface area contributed by atoms with Crippen molar-refractivity contribution in [3.63, 3.8) is 0 Å². The van der Waals surface area contributed by atoms with E-state index in [4.69, 9.17) is 0 Å². The summed E-state index contributed by atoms with van der Waals surface area (Å²) in [6, 6.07) is 10.4. The van der Waals surface area contributed by atoms with Crippen LogP contribution in [0.2, 0.25) is 0 Å². The zero-order valence-corrected chi connectivity index (χ0v) is 11.6. The second-order valence-corrected chi connectivity index (χ2v) is 4.79. The standard InChI is InChI=1S/C13H20N6/c1-11(18(2)3)9-14-10-13-15-16-17-19(13)12-7-5-4-6-8-12/h4-8,11,14H,9-10H2,1-3H3. The van der Waals surface area contributed by atoms with Crippen molar-refractivity contribution in [2.45, 2.75) is 19.5 Å². The normalized spacial score (nSPS) is 12.8. The van der Waals surface area contributed by atoms with Crippen LogP contribution in [-0.2, 0) is 6.54 Å². The Morgan fingerprint density at radius 1 is 1.26 bits per heavy atom. The maximum absolute atomic E-state index is 4.06. The molecule has 1 atom stereocenters. The molecule has 1 heterocycles. The average Bonchev–Trinajstić information content (AvgIpc) is 2.88. The highest BCUT2D eigenvalue weighted by Crippen LogP contribution is 2.06. The van der Waals surface area contributed by atoms with E-state index in [1.165, 1.54) is 0 Å². The van der Waals surface area contributed by atoms with Crippen molar-refractivity contribution >= 4 is 0 Å². The summed E-state index contributed by atoms with van der Waals surface area (Å²) in [6.07, 6.45) is 0. The third-order valence-corrected chi connectivity index (χ3v) is 3.14. The van der Waals surface area contributed by atoms with Gasteiger partial charge in [-0.2, -0.15) is 4.68 Å². The first-order valence-electron chi connectivity index (χ1n) is 6.38. The maximum atomic E-state index is 4.06. The SMILES string of the molecule is CC(CNCc1nnnn1-c1ccccc1)N(C)C. The van der Waals surface area contributed by atoms with Crippen LogP contribution in [0.5, 0.6) is 0 Å². The third-order valence-electron chi connectivity index (χ3n) is 3.14. The first kappa shape index (κ1) is 13.6. The fraction of sp³-hybridized carbons (Fsp3) is 0.462. The van der Waals surface area contributed by atoms with Gasteiger partial charge < -0.3 is 10.2 Å². The van der Waals surface area contributed by atoms with Crippen molar-refractivity contribution < 1.29 is 0 Å². The lowest BCUT2D eigenvalue weighted by Crippen LogP contribution is -2.35. The number of hydrogen-bond donors (Lipinski definition) is 1. The Morgan fingerprint density at radius 3 is 2.68 bits per heavy atom. The molecule has 0 saturated carbocycles. The number of benzene rings is 1. The molecule has 0 aliphatic rings. The van der Waals surface area contributed by atoms with E-state index in [0.717, 1.165) is 18.1 Å². The summed E-state index contributed by atoms with van der Waals surface area (Å²) < 4.78 is 1.76. The number of rotatable bonds is 6. The molecule has 0 fully saturated rings. The van der Waals surface area contributed by atoms with E-state index >= 15 is 0 Å². The van der Waals surface area contributed by atoms with E-state index in [9.17, 15) is 0 Å². The highest BCUT2D eigenvalue weighted by molar-refractivity contribution is 5.30. The van der Waals surface area contributed by atoms with Crippen LogP contribution in [0.3, 0.4) is 0 Å². The van der Waals surface area contributed by atoms with Crippen LogP contribution in [0.25, 0.3) is 5.69 Å². The summed E-state index contributed by atoms with van der Waals surface area (Å²) in [5, 5.41) is 15.2. The monoisotopic (exact) mass is 260 g/mol. The summed E-state index contributed by atoms with van der Waals surface area (Å²) in [5.74, 6) is 0.817. The zero-order chi connectivity index (χ0) is 13.7. The minimum absolute atomic E-state index is 0.473. The van der Waals surface area contributed by atoms with Crippen LogP contribution >= 0.6 is 0 Å². The second kappa shape index (κ2) is 6.40. The number of tetrazole rings is 1. The van der Waals surface area contributed by atoms with E-state index in [0.29, 0.717) is 12.6 Å². The summed E-state index contributed by atoms with van der Waals surface area (Å²) in [5.41, 5.74) is 0.977. The molecule has 1 N–H and O–H groups in total. The molecule has 1 aromatic heterocycles. The Labute approximate surface area is 113 Å². The van der Waals surface area contributed by atoms with Gasteiger partial charge >= 0.3 is 0 Å². The lowest BCUT2D eigenvalue weighted by atomic mass is 10.3. The molecule has 1 unspecified atom stereocenters. The van der Waals surface area contributed by atoms with Crippen molar-refractivity contribution in [2.75, 3.05) is 20.6 Å². The molecule has 0 amide bonds. The molecule has 0 aliphatic heterocycles. The van der Waals surface area contributed by atoms with Crippen molar-refractivity contribution in [3.8, 4) is 5.69 Å². The van der Waals surface area contributed by atoms with E-state index in [-0.39, 0.29) is 0 Å². The molecule has 19 heavy (non-hydrogen) atoms. The number of para-hydroxylation sites is 1. The minimum atomic E-state index is 0.473. The van der Waals surface area contributed by atoms with E-state index < -0.39 is 0 Å². The van der Waals surface area contributed by atoms with E-state index in [1.54, 1.807) is 4.68 Å². The van der Waals surface area contributed by atoms with Crippen LogP contribution in [0.15, 0.2) is 30.3 Å². The lowest BCUT2D eigenvalue weighted by molar-refractivity contribution is 0.301. The number of nitrogens with zero attached hydrogens (tertiary/aromatic N) is 5. The van der Waals surface area contributed by atoms with Gasteiger partial charge in [-0.3, -0.25) is 0 Å². The van der Waals surface area contributed by atoms with Gasteiger partial charge in [0.05, 0.1) is 12.2 Å². The zero-order valence-electron chi connectivity index (χ0n) is 11.6. The molecule has 6 nitrogen and oxygen atoms in total. The molecule has 1 aromatic carbocycles. The predicted molar refractivity (Wildman–Crippen MR) is 74.0 cm³/mol. The summed E-state index contributed by atoms with van der Waals surface area (Å²) in [7, 11) is 4.14. The van der Waals surface area contributed by atoms with E-state index in [1.807, 2.05) is 30.3 Å². The van der Waals surface area contributed by atoms with E-state index in [2.05, 4.69) is 46.8 Å². The van der Waals surface area contributed by atoms with Crippen molar-refractivity contribution in [2.24, 2.45) is 0 Å². The lowest BCUT2D eigenvalue weighted by Gasteiger charge is -2.19. The van der Waals surface area contributed by atoms with Gasteiger partial charge in [-0.15, -0.1) is 5.10 Å². The number of hydrogen-bond acceptors (Lipinski definition) is 5. The van der Waals surface area contributed by atoms with Crippen LogP contribution in [-0.4, -0.2) is 51.8 Å². The summed E-state index contributed by atoms with van der Waals surface area (Å²) in [4.78, 5) is 2.17. The van der Waals surface area contributed by atoms with Crippen molar-refractivity contribution in [3.05, 3.63) is 36.2 Å². The van der Waals surface area contributed by atoms with Gasteiger partial charge in [0.15, 0.2) is 5.82 Å². The highest BCUT2D eigenvalue weighted by atomic mass is 15.5. The molecule has 102 valence electrons. The van der Waals surface area contributed by atoms with Crippen molar-refractivity contribution in [1.82, 2.24) is 30.4 Å². The molecule has 0 radical (unpaired) electrons. The molecule has 0 spiro atoms. The Morgan fingerprint density at radius 2 is 2.00 bits per heavy atom. The molecule has 2 aromatic rings. The van der Waals surface area contributed by atoms with Gasteiger partial charge in [0.2, 0.25) is 0 Å².